The third-order valence-corrected chi connectivity index (χ3v) is 3.00. The Labute approximate surface area is 107 Å². The van der Waals surface area contributed by atoms with E-state index in [9.17, 15) is 9.59 Å². The summed E-state index contributed by atoms with van der Waals surface area (Å²) in [6.45, 7) is 6.61. The summed E-state index contributed by atoms with van der Waals surface area (Å²) in [7, 11) is 1.19. The van der Waals surface area contributed by atoms with Crippen LogP contribution in [0.3, 0.4) is 0 Å². The number of hydrogen-bond donors (Lipinski definition) is 1. The number of benzene rings is 1. The third kappa shape index (κ3) is 3.58. The van der Waals surface area contributed by atoms with Crippen LogP contribution in [0, 0.1) is 20.8 Å². The van der Waals surface area contributed by atoms with E-state index in [1.54, 1.807) is 0 Å². The van der Waals surface area contributed by atoms with E-state index in [-0.39, 0.29) is 0 Å². The lowest BCUT2D eigenvalue weighted by Crippen LogP contribution is -2.33. The number of rotatable bonds is 3. The fourth-order valence-electron chi connectivity index (χ4n) is 1.77. The Kier molecular flexibility index (Phi) is 4.89. The van der Waals surface area contributed by atoms with Gasteiger partial charge < -0.3 is 10.1 Å². The van der Waals surface area contributed by atoms with Crippen LogP contribution in [0.1, 0.15) is 22.3 Å². The van der Waals surface area contributed by atoms with Gasteiger partial charge in [-0.1, -0.05) is 12.1 Å². The van der Waals surface area contributed by atoms with Gasteiger partial charge in [-0.2, -0.15) is 0 Å². The molecule has 1 aromatic rings. The number of ether oxygens (including phenoxy) is 1. The summed E-state index contributed by atoms with van der Waals surface area (Å²) in [6, 6.07) is 4.25. The minimum atomic E-state index is -0.855. The highest BCUT2D eigenvalue weighted by Crippen LogP contribution is 2.15. The predicted molar refractivity (Wildman–Crippen MR) is 69.4 cm³/mol. The van der Waals surface area contributed by atoms with Gasteiger partial charge in [-0.05, 0) is 49.4 Å². The van der Waals surface area contributed by atoms with Gasteiger partial charge in [0, 0.05) is 6.54 Å². The molecule has 98 valence electrons. The summed E-state index contributed by atoms with van der Waals surface area (Å²) in [6.07, 6.45) is 0.704. The Morgan fingerprint density at radius 1 is 1.11 bits per heavy atom. The average Bonchev–Trinajstić information content (AvgIpc) is 2.34. The number of nitrogens with one attached hydrogen (secondary N) is 1. The van der Waals surface area contributed by atoms with Crippen LogP contribution >= 0.6 is 0 Å². The minimum absolute atomic E-state index is 0.428. The average molecular weight is 249 g/mol. The fraction of sp³-hybridized carbons (Fsp3) is 0.429. The standard InChI is InChI=1S/C14H19NO3/c1-9-7-11(3)12(8-10(9)2)5-6-15-13(16)14(17)18-4/h7-8H,5-6H2,1-4H3,(H,15,16). The third-order valence-electron chi connectivity index (χ3n) is 3.00. The lowest BCUT2D eigenvalue weighted by molar-refractivity contribution is -0.152. The molecule has 0 radical (unpaired) electrons. The Morgan fingerprint density at radius 3 is 2.33 bits per heavy atom. The number of hydrogen-bond acceptors (Lipinski definition) is 3. The van der Waals surface area contributed by atoms with Gasteiger partial charge in [0.15, 0.2) is 0 Å². The Morgan fingerprint density at radius 2 is 1.72 bits per heavy atom. The van der Waals surface area contributed by atoms with E-state index >= 15 is 0 Å². The molecular formula is C14H19NO3. The van der Waals surface area contributed by atoms with Crippen LogP contribution in [-0.2, 0) is 20.7 Å². The molecule has 0 heterocycles. The molecule has 0 atom stereocenters. The van der Waals surface area contributed by atoms with E-state index in [1.165, 1.54) is 29.4 Å². The molecule has 0 fully saturated rings. The van der Waals surface area contributed by atoms with E-state index in [2.05, 4.69) is 36.0 Å². The molecule has 0 spiro atoms. The van der Waals surface area contributed by atoms with Crippen molar-refractivity contribution in [3.05, 3.63) is 34.4 Å². The second-order valence-corrected chi connectivity index (χ2v) is 4.36. The number of carbonyl (C=O) groups is 2. The van der Waals surface area contributed by atoms with E-state index in [0.29, 0.717) is 13.0 Å². The number of esters is 1. The van der Waals surface area contributed by atoms with Crippen LogP contribution in [0.15, 0.2) is 12.1 Å². The number of aryl methyl sites for hydroxylation is 3. The smallest absolute Gasteiger partial charge is 0.396 e. The molecule has 1 N–H and O–H groups in total. The van der Waals surface area contributed by atoms with E-state index in [4.69, 9.17) is 0 Å². The highest BCUT2D eigenvalue weighted by Gasteiger charge is 2.12. The van der Waals surface area contributed by atoms with Gasteiger partial charge in [0.1, 0.15) is 0 Å². The van der Waals surface area contributed by atoms with Crippen LogP contribution in [0.4, 0.5) is 0 Å². The van der Waals surface area contributed by atoms with Crippen molar-refractivity contribution in [3.8, 4) is 0 Å². The highest BCUT2D eigenvalue weighted by atomic mass is 16.5. The molecule has 0 aliphatic carbocycles. The van der Waals surface area contributed by atoms with Gasteiger partial charge >= 0.3 is 11.9 Å². The maximum atomic E-state index is 11.2. The van der Waals surface area contributed by atoms with E-state index < -0.39 is 11.9 Å². The van der Waals surface area contributed by atoms with E-state index in [0.717, 1.165) is 0 Å². The molecular weight excluding hydrogens is 230 g/mol. The van der Waals surface area contributed by atoms with Crippen molar-refractivity contribution in [3.63, 3.8) is 0 Å². The summed E-state index contributed by atoms with van der Waals surface area (Å²) >= 11 is 0. The van der Waals surface area contributed by atoms with Crippen LogP contribution in [0.5, 0.6) is 0 Å². The zero-order valence-corrected chi connectivity index (χ0v) is 11.3. The van der Waals surface area contributed by atoms with Crippen molar-refractivity contribution in [1.82, 2.24) is 5.32 Å². The first-order valence-electron chi connectivity index (χ1n) is 5.88. The molecule has 0 unspecified atom stereocenters. The van der Waals surface area contributed by atoms with Crippen molar-refractivity contribution in [2.24, 2.45) is 0 Å². The summed E-state index contributed by atoms with van der Waals surface area (Å²) in [5.41, 5.74) is 4.87. The first-order chi connectivity index (χ1) is 8.45. The van der Waals surface area contributed by atoms with Gasteiger partial charge in [0.25, 0.3) is 0 Å². The Balaban J connectivity index is 2.57. The first kappa shape index (κ1) is 14.2. The molecule has 1 rings (SSSR count). The van der Waals surface area contributed by atoms with Crippen molar-refractivity contribution in [1.29, 1.82) is 0 Å². The monoisotopic (exact) mass is 249 g/mol. The Bertz CT molecular complexity index is 466. The maximum absolute atomic E-state index is 11.2. The number of amides is 1. The Hall–Kier alpha value is -1.84. The molecule has 4 heteroatoms. The minimum Gasteiger partial charge on any atom is -0.462 e. The topological polar surface area (TPSA) is 55.4 Å². The van der Waals surface area contributed by atoms with E-state index in [1.807, 2.05) is 6.92 Å². The van der Waals surface area contributed by atoms with Crippen molar-refractivity contribution < 1.29 is 14.3 Å². The summed E-state index contributed by atoms with van der Waals surface area (Å²) < 4.78 is 4.32. The van der Waals surface area contributed by atoms with Gasteiger partial charge in [-0.3, -0.25) is 4.79 Å². The molecule has 0 saturated heterocycles. The van der Waals surface area contributed by atoms with Crippen molar-refractivity contribution >= 4 is 11.9 Å². The molecule has 1 amide bonds. The summed E-state index contributed by atoms with van der Waals surface area (Å²) in [5.74, 6) is -1.55. The second kappa shape index (κ2) is 6.19. The SMILES string of the molecule is COC(=O)C(=O)NCCc1cc(C)c(C)cc1C. The number of methoxy groups -OCH3 is 1. The largest absolute Gasteiger partial charge is 0.462 e. The quantitative estimate of drug-likeness (QED) is 0.651. The second-order valence-electron chi connectivity index (χ2n) is 4.36. The summed E-state index contributed by atoms with van der Waals surface area (Å²) in [5, 5.41) is 2.53. The maximum Gasteiger partial charge on any atom is 0.396 e. The van der Waals surface area contributed by atoms with Crippen molar-refractivity contribution in [2.45, 2.75) is 27.2 Å². The lowest BCUT2D eigenvalue weighted by atomic mass is 9.99. The lowest BCUT2D eigenvalue weighted by Gasteiger charge is -2.10. The predicted octanol–water partition coefficient (Wildman–Crippen LogP) is 1.44. The molecule has 0 aromatic heterocycles. The van der Waals surface area contributed by atoms with Crippen LogP contribution in [0.25, 0.3) is 0 Å². The number of carbonyl (C=O) groups excluding carboxylic acids is 2. The zero-order chi connectivity index (χ0) is 13.7. The van der Waals surface area contributed by atoms with Gasteiger partial charge in [-0.25, -0.2) is 4.79 Å². The molecule has 0 bridgehead atoms. The van der Waals surface area contributed by atoms with Crippen LogP contribution < -0.4 is 5.32 Å². The van der Waals surface area contributed by atoms with Crippen LogP contribution in [-0.4, -0.2) is 25.5 Å². The van der Waals surface area contributed by atoms with Crippen molar-refractivity contribution in [2.75, 3.05) is 13.7 Å². The molecule has 0 saturated carbocycles. The van der Waals surface area contributed by atoms with Gasteiger partial charge in [0.2, 0.25) is 0 Å². The van der Waals surface area contributed by atoms with Gasteiger partial charge in [-0.15, -0.1) is 0 Å². The van der Waals surface area contributed by atoms with Crippen LogP contribution in [0.2, 0.25) is 0 Å². The molecule has 4 nitrogen and oxygen atoms in total. The normalized spacial score (nSPS) is 10.0. The highest BCUT2D eigenvalue weighted by molar-refractivity contribution is 6.32. The zero-order valence-electron chi connectivity index (χ0n) is 11.3. The first-order valence-corrected chi connectivity index (χ1v) is 5.88. The molecule has 18 heavy (non-hydrogen) atoms. The fourth-order valence-corrected chi connectivity index (χ4v) is 1.77. The molecule has 1 aromatic carbocycles. The summed E-state index contributed by atoms with van der Waals surface area (Å²) in [4.78, 5) is 22.1. The molecule has 0 aliphatic rings. The molecule has 0 aliphatic heterocycles. The van der Waals surface area contributed by atoms with Gasteiger partial charge in [0.05, 0.1) is 7.11 Å².